The molecule has 3 aromatic rings. The lowest BCUT2D eigenvalue weighted by molar-refractivity contribution is 0.256. The number of fused-ring (bicyclic) bond motifs is 3. The van der Waals surface area contributed by atoms with Crippen LogP contribution in [0.15, 0.2) is 77.7 Å². The second kappa shape index (κ2) is 8.56. The second-order valence-electron chi connectivity index (χ2n) is 8.25. The molecule has 2 aliphatic heterocycles. The summed E-state index contributed by atoms with van der Waals surface area (Å²) in [4.78, 5) is 5.01. The Kier molecular flexibility index (Phi) is 5.61. The van der Waals surface area contributed by atoms with Gasteiger partial charge < -0.3 is 4.90 Å². The van der Waals surface area contributed by atoms with Gasteiger partial charge in [0.15, 0.2) is 0 Å². The minimum atomic E-state index is -3.57. The van der Waals surface area contributed by atoms with E-state index < -0.39 is 10.0 Å². The standard InChI is InChI=1S/C25H26FN3O2S/c26-20-10-12-21(13-11-20)28-18-16-27(17-19-28)14-5-15-29-24-8-3-1-6-22(24)23-7-2-4-9-25(23)32(29,30)31/h1-4,6-13H,5,14-19H2. The van der Waals surface area contributed by atoms with Crippen molar-refractivity contribution in [1.29, 1.82) is 0 Å². The fourth-order valence-electron chi connectivity index (χ4n) is 4.64. The van der Waals surface area contributed by atoms with Crippen LogP contribution in [0.25, 0.3) is 11.1 Å². The van der Waals surface area contributed by atoms with Crippen molar-refractivity contribution in [3.8, 4) is 11.1 Å². The molecule has 0 unspecified atom stereocenters. The molecule has 1 fully saturated rings. The zero-order chi connectivity index (χ0) is 22.1. The van der Waals surface area contributed by atoms with Crippen LogP contribution in [0.5, 0.6) is 0 Å². The van der Waals surface area contributed by atoms with Crippen molar-refractivity contribution in [3.63, 3.8) is 0 Å². The minimum absolute atomic E-state index is 0.218. The van der Waals surface area contributed by atoms with Gasteiger partial charge in [0.1, 0.15) is 5.82 Å². The van der Waals surface area contributed by atoms with Crippen molar-refractivity contribution in [1.82, 2.24) is 4.90 Å². The molecule has 0 amide bonds. The van der Waals surface area contributed by atoms with Gasteiger partial charge in [0.05, 0.1) is 10.6 Å². The van der Waals surface area contributed by atoms with Crippen LogP contribution in [0.1, 0.15) is 6.42 Å². The van der Waals surface area contributed by atoms with Gasteiger partial charge in [-0.05, 0) is 42.8 Å². The predicted octanol–water partition coefficient (Wildman–Crippen LogP) is 4.21. The van der Waals surface area contributed by atoms with Gasteiger partial charge in [-0.2, -0.15) is 0 Å². The summed E-state index contributed by atoms with van der Waals surface area (Å²) in [6.45, 7) is 4.86. The number of halogens is 1. The molecular formula is C25H26FN3O2S. The van der Waals surface area contributed by atoms with Gasteiger partial charge in [0, 0.05) is 56.1 Å². The van der Waals surface area contributed by atoms with Gasteiger partial charge in [-0.3, -0.25) is 9.21 Å². The number of nitrogens with zero attached hydrogens (tertiary/aromatic N) is 3. The number of para-hydroxylation sites is 1. The minimum Gasteiger partial charge on any atom is -0.369 e. The van der Waals surface area contributed by atoms with Crippen molar-refractivity contribution in [3.05, 3.63) is 78.6 Å². The number of benzene rings is 3. The van der Waals surface area contributed by atoms with Crippen LogP contribution < -0.4 is 9.21 Å². The number of hydrogen-bond donors (Lipinski definition) is 0. The smallest absolute Gasteiger partial charge is 0.264 e. The van der Waals surface area contributed by atoms with Gasteiger partial charge >= 0.3 is 0 Å². The number of hydrogen-bond acceptors (Lipinski definition) is 4. The van der Waals surface area contributed by atoms with E-state index in [1.165, 1.54) is 12.1 Å². The monoisotopic (exact) mass is 451 g/mol. The van der Waals surface area contributed by atoms with E-state index in [0.717, 1.165) is 61.6 Å². The molecule has 5 nitrogen and oxygen atoms in total. The Hall–Kier alpha value is -2.90. The molecule has 2 aliphatic rings. The average molecular weight is 452 g/mol. The molecule has 0 bridgehead atoms. The van der Waals surface area contributed by atoms with Crippen LogP contribution >= 0.6 is 0 Å². The van der Waals surface area contributed by atoms with Crippen LogP contribution in [0, 0.1) is 5.82 Å². The van der Waals surface area contributed by atoms with Gasteiger partial charge in [-0.1, -0.05) is 36.4 Å². The predicted molar refractivity (Wildman–Crippen MR) is 126 cm³/mol. The maximum absolute atomic E-state index is 13.4. The molecule has 0 N–H and O–H groups in total. The number of piperazine rings is 1. The molecule has 2 heterocycles. The van der Waals surface area contributed by atoms with Crippen LogP contribution in [0.3, 0.4) is 0 Å². The van der Waals surface area contributed by atoms with Crippen molar-refractivity contribution in [2.75, 3.05) is 48.5 Å². The zero-order valence-corrected chi connectivity index (χ0v) is 18.6. The third-order valence-electron chi connectivity index (χ3n) is 6.32. The summed E-state index contributed by atoms with van der Waals surface area (Å²) in [6, 6.07) is 21.6. The Balaban J connectivity index is 1.23. The summed E-state index contributed by atoms with van der Waals surface area (Å²) in [7, 11) is -3.57. The number of anilines is 2. The highest BCUT2D eigenvalue weighted by molar-refractivity contribution is 7.93. The highest BCUT2D eigenvalue weighted by atomic mass is 32.2. The Morgan fingerprint density at radius 3 is 2.16 bits per heavy atom. The number of rotatable bonds is 5. The van der Waals surface area contributed by atoms with E-state index in [1.807, 2.05) is 48.5 Å². The first-order chi connectivity index (χ1) is 15.5. The van der Waals surface area contributed by atoms with E-state index in [4.69, 9.17) is 0 Å². The Bertz CT molecular complexity index is 1210. The molecule has 0 atom stereocenters. The molecule has 0 aromatic heterocycles. The first-order valence-corrected chi connectivity index (χ1v) is 12.4. The molecule has 0 aliphatic carbocycles. The van der Waals surface area contributed by atoms with E-state index in [9.17, 15) is 12.8 Å². The summed E-state index contributed by atoms with van der Waals surface area (Å²) in [5.74, 6) is -0.218. The Morgan fingerprint density at radius 1 is 0.750 bits per heavy atom. The Morgan fingerprint density at radius 2 is 1.41 bits per heavy atom. The fourth-order valence-corrected chi connectivity index (χ4v) is 6.37. The molecule has 0 radical (unpaired) electrons. The largest absolute Gasteiger partial charge is 0.369 e. The van der Waals surface area contributed by atoms with E-state index in [0.29, 0.717) is 11.4 Å². The fraction of sp³-hybridized carbons (Fsp3) is 0.280. The summed E-state index contributed by atoms with van der Waals surface area (Å²) in [6.07, 6.45) is 0.756. The van der Waals surface area contributed by atoms with Crippen LogP contribution in [0.2, 0.25) is 0 Å². The molecule has 166 valence electrons. The highest BCUT2D eigenvalue weighted by Gasteiger charge is 2.34. The van der Waals surface area contributed by atoms with E-state index in [1.54, 1.807) is 16.4 Å². The molecule has 0 saturated carbocycles. The van der Waals surface area contributed by atoms with E-state index in [-0.39, 0.29) is 5.82 Å². The second-order valence-corrected chi connectivity index (χ2v) is 10.1. The maximum atomic E-state index is 13.4. The third kappa shape index (κ3) is 3.87. The van der Waals surface area contributed by atoms with Crippen molar-refractivity contribution >= 4 is 21.4 Å². The van der Waals surface area contributed by atoms with Gasteiger partial charge in [-0.15, -0.1) is 0 Å². The molecule has 7 heteroatoms. The third-order valence-corrected chi connectivity index (χ3v) is 8.19. The number of sulfonamides is 1. The quantitative estimate of drug-likeness (QED) is 0.583. The molecule has 0 spiro atoms. The maximum Gasteiger partial charge on any atom is 0.264 e. The molecular weight excluding hydrogens is 425 g/mol. The van der Waals surface area contributed by atoms with Crippen LogP contribution in [0.4, 0.5) is 15.8 Å². The summed E-state index contributed by atoms with van der Waals surface area (Å²) < 4.78 is 41.4. The van der Waals surface area contributed by atoms with Crippen molar-refractivity contribution in [2.45, 2.75) is 11.3 Å². The van der Waals surface area contributed by atoms with E-state index >= 15 is 0 Å². The van der Waals surface area contributed by atoms with Crippen LogP contribution in [-0.2, 0) is 10.0 Å². The molecule has 3 aromatic carbocycles. The summed E-state index contributed by atoms with van der Waals surface area (Å²) in [5.41, 5.74) is 3.54. The lowest BCUT2D eigenvalue weighted by Crippen LogP contribution is -2.47. The van der Waals surface area contributed by atoms with Gasteiger partial charge in [0.2, 0.25) is 0 Å². The highest BCUT2D eigenvalue weighted by Crippen LogP contribution is 2.42. The first kappa shape index (κ1) is 21.0. The molecule has 1 saturated heterocycles. The summed E-state index contributed by atoms with van der Waals surface area (Å²) >= 11 is 0. The SMILES string of the molecule is O=S1(=O)c2ccccc2-c2ccccc2N1CCCN1CCN(c2ccc(F)cc2)CC1. The van der Waals surface area contributed by atoms with Gasteiger partial charge in [-0.25, -0.2) is 12.8 Å². The van der Waals surface area contributed by atoms with Crippen LogP contribution in [-0.4, -0.2) is 52.6 Å². The molecule has 5 rings (SSSR count). The molecule has 32 heavy (non-hydrogen) atoms. The van der Waals surface area contributed by atoms with E-state index in [2.05, 4.69) is 9.80 Å². The lowest BCUT2D eigenvalue weighted by Gasteiger charge is -2.37. The Labute approximate surface area is 188 Å². The summed E-state index contributed by atoms with van der Waals surface area (Å²) in [5, 5.41) is 0. The van der Waals surface area contributed by atoms with Crippen molar-refractivity contribution in [2.24, 2.45) is 0 Å². The zero-order valence-electron chi connectivity index (χ0n) is 17.8. The van der Waals surface area contributed by atoms with Gasteiger partial charge in [0.25, 0.3) is 10.0 Å². The average Bonchev–Trinajstić information content (AvgIpc) is 2.82. The van der Waals surface area contributed by atoms with Crippen molar-refractivity contribution < 1.29 is 12.8 Å². The topological polar surface area (TPSA) is 43.9 Å². The first-order valence-electron chi connectivity index (χ1n) is 11.0. The normalized spacial score (nSPS) is 17.7. The lowest BCUT2D eigenvalue weighted by atomic mass is 10.0.